The van der Waals surface area contributed by atoms with Crippen molar-refractivity contribution in [3.05, 3.63) is 0 Å². The lowest BCUT2D eigenvalue weighted by molar-refractivity contribution is -0.137. The number of amides is 2. The van der Waals surface area contributed by atoms with Crippen LogP contribution in [0.1, 0.15) is 26.7 Å². The lowest BCUT2D eigenvalue weighted by Gasteiger charge is -2.28. The van der Waals surface area contributed by atoms with Gasteiger partial charge in [0.25, 0.3) is 0 Å². The first kappa shape index (κ1) is 13.0. The van der Waals surface area contributed by atoms with Crippen molar-refractivity contribution in [3.63, 3.8) is 0 Å². The lowest BCUT2D eigenvalue weighted by atomic mass is 10.1. The highest BCUT2D eigenvalue weighted by Gasteiger charge is 2.31. The SMILES string of the molecule is CC(C)N(CCCO)C(=O)C1CNC(=O)C1. The van der Waals surface area contributed by atoms with Crippen LogP contribution < -0.4 is 5.32 Å². The fourth-order valence-corrected chi connectivity index (χ4v) is 1.88. The van der Waals surface area contributed by atoms with E-state index in [4.69, 9.17) is 5.11 Å². The second-order valence-corrected chi connectivity index (χ2v) is 4.41. The van der Waals surface area contributed by atoms with Crippen molar-refractivity contribution in [1.29, 1.82) is 0 Å². The van der Waals surface area contributed by atoms with Crippen molar-refractivity contribution >= 4 is 11.8 Å². The first-order valence-electron chi connectivity index (χ1n) is 5.74. The molecule has 0 aromatic heterocycles. The van der Waals surface area contributed by atoms with Gasteiger partial charge in [0.2, 0.25) is 11.8 Å². The van der Waals surface area contributed by atoms with Crippen LogP contribution in [0.2, 0.25) is 0 Å². The van der Waals surface area contributed by atoms with E-state index in [2.05, 4.69) is 5.32 Å². The lowest BCUT2D eigenvalue weighted by Crippen LogP contribution is -2.42. The van der Waals surface area contributed by atoms with Crippen molar-refractivity contribution in [2.24, 2.45) is 5.92 Å². The van der Waals surface area contributed by atoms with Crippen LogP contribution in [0.15, 0.2) is 0 Å². The smallest absolute Gasteiger partial charge is 0.228 e. The monoisotopic (exact) mass is 228 g/mol. The van der Waals surface area contributed by atoms with Crippen LogP contribution in [0.25, 0.3) is 0 Å². The molecule has 2 amide bonds. The van der Waals surface area contributed by atoms with Gasteiger partial charge in [-0.25, -0.2) is 0 Å². The molecule has 0 bridgehead atoms. The summed E-state index contributed by atoms with van der Waals surface area (Å²) in [7, 11) is 0. The summed E-state index contributed by atoms with van der Waals surface area (Å²) in [6, 6.07) is 0.106. The molecule has 1 unspecified atom stereocenters. The van der Waals surface area contributed by atoms with E-state index in [-0.39, 0.29) is 30.4 Å². The van der Waals surface area contributed by atoms with Crippen LogP contribution in [0.3, 0.4) is 0 Å². The van der Waals surface area contributed by atoms with Crippen LogP contribution in [0, 0.1) is 5.92 Å². The number of rotatable bonds is 5. The highest BCUT2D eigenvalue weighted by molar-refractivity contribution is 5.89. The molecule has 0 aliphatic carbocycles. The Morgan fingerprint density at radius 3 is 2.75 bits per heavy atom. The second kappa shape index (κ2) is 5.84. The van der Waals surface area contributed by atoms with Gasteiger partial charge < -0.3 is 15.3 Å². The predicted octanol–water partition coefficient (Wildman–Crippen LogP) is -0.258. The van der Waals surface area contributed by atoms with E-state index in [9.17, 15) is 9.59 Å². The highest BCUT2D eigenvalue weighted by atomic mass is 16.3. The van der Waals surface area contributed by atoms with Crippen molar-refractivity contribution in [1.82, 2.24) is 10.2 Å². The molecule has 92 valence electrons. The Kier molecular flexibility index (Phi) is 4.73. The quantitative estimate of drug-likeness (QED) is 0.681. The van der Waals surface area contributed by atoms with Crippen molar-refractivity contribution < 1.29 is 14.7 Å². The third-order valence-electron chi connectivity index (χ3n) is 2.79. The van der Waals surface area contributed by atoms with Crippen LogP contribution in [-0.4, -0.2) is 47.6 Å². The average Bonchev–Trinajstić information content (AvgIpc) is 2.64. The fourth-order valence-electron chi connectivity index (χ4n) is 1.88. The van der Waals surface area contributed by atoms with Gasteiger partial charge in [-0.15, -0.1) is 0 Å². The Morgan fingerprint density at radius 1 is 1.62 bits per heavy atom. The predicted molar refractivity (Wildman–Crippen MR) is 59.7 cm³/mol. The number of aliphatic hydroxyl groups is 1. The van der Waals surface area contributed by atoms with E-state index in [0.717, 1.165) is 0 Å². The maximum atomic E-state index is 12.1. The van der Waals surface area contributed by atoms with Gasteiger partial charge in [0.1, 0.15) is 0 Å². The number of hydrogen-bond donors (Lipinski definition) is 2. The van der Waals surface area contributed by atoms with E-state index in [1.165, 1.54) is 0 Å². The first-order chi connectivity index (χ1) is 7.56. The summed E-state index contributed by atoms with van der Waals surface area (Å²) in [5.74, 6) is -0.264. The van der Waals surface area contributed by atoms with E-state index >= 15 is 0 Å². The minimum absolute atomic E-state index is 0.0156. The molecule has 1 aliphatic rings. The molecule has 5 nitrogen and oxygen atoms in total. The molecule has 16 heavy (non-hydrogen) atoms. The standard InChI is InChI=1S/C11H20N2O3/c1-8(2)13(4-3-5-14)11(16)9-6-10(15)12-7-9/h8-9,14H,3-7H2,1-2H3,(H,12,15). The van der Waals surface area contributed by atoms with Crippen LogP contribution in [0.4, 0.5) is 0 Å². The van der Waals surface area contributed by atoms with Gasteiger partial charge in [-0.05, 0) is 20.3 Å². The highest BCUT2D eigenvalue weighted by Crippen LogP contribution is 2.15. The van der Waals surface area contributed by atoms with Crippen molar-refractivity contribution in [3.8, 4) is 0 Å². The normalized spacial score (nSPS) is 20.0. The molecular formula is C11H20N2O3. The number of aliphatic hydroxyl groups excluding tert-OH is 1. The molecule has 1 aliphatic heterocycles. The van der Waals surface area contributed by atoms with Crippen LogP contribution in [0.5, 0.6) is 0 Å². The maximum Gasteiger partial charge on any atom is 0.228 e. The van der Waals surface area contributed by atoms with Crippen molar-refractivity contribution in [2.45, 2.75) is 32.7 Å². The molecule has 1 rings (SSSR count). The zero-order valence-corrected chi connectivity index (χ0v) is 9.90. The summed E-state index contributed by atoms with van der Waals surface area (Å²) >= 11 is 0. The summed E-state index contributed by atoms with van der Waals surface area (Å²) in [5.41, 5.74) is 0. The largest absolute Gasteiger partial charge is 0.396 e. The Balaban J connectivity index is 2.56. The minimum atomic E-state index is -0.228. The molecule has 5 heteroatoms. The van der Waals surface area contributed by atoms with Gasteiger partial charge in [0.15, 0.2) is 0 Å². The van der Waals surface area contributed by atoms with Gasteiger partial charge in [0.05, 0.1) is 5.92 Å². The molecule has 0 aromatic rings. The molecule has 0 aromatic carbocycles. The average molecular weight is 228 g/mol. The molecule has 1 atom stereocenters. The first-order valence-corrected chi connectivity index (χ1v) is 5.74. The number of carbonyl (C=O) groups excluding carboxylic acids is 2. The van der Waals surface area contributed by atoms with Gasteiger partial charge in [0, 0.05) is 32.2 Å². The van der Waals surface area contributed by atoms with Gasteiger partial charge >= 0.3 is 0 Å². The summed E-state index contributed by atoms with van der Waals surface area (Å²) in [6.45, 7) is 4.97. The third-order valence-corrected chi connectivity index (χ3v) is 2.79. The summed E-state index contributed by atoms with van der Waals surface area (Å²) in [5, 5.41) is 11.4. The molecule has 0 radical (unpaired) electrons. The maximum absolute atomic E-state index is 12.1. The third kappa shape index (κ3) is 3.20. The number of nitrogens with zero attached hydrogens (tertiary/aromatic N) is 1. The number of nitrogens with one attached hydrogen (secondary N) is 1. The fraction of sp³-hybridized carbons (Fsp3) is 0.818. The Hall–Kier alpha value is -1.10. The van der Waals surface area contributed by atoms with Crippen LogP contribution in [-0.2, 0) is 9.59 Å². The molecule has 1 saturated heterocycles. The molecule has 0 saturated carbocycles. The number of hydrogen-bond acceptors (Lipinski definition) is 3. The molecule has 1 heterocycles. The van der Waals surface area contributed by atoms with Crippen LogP contribution >= 0.6 is 0 Å². The van der Waals surface area contributed by atoms with E-state index < -0.39 is 0 Å². The second-order valence-electron chi connectivity index (χ2n) is 4.41. The minimum Gasteiger partial charge on any atom is -0.396 e. The summed E-state index contributed by atoms with van der Waals surface area (Å²) in [4.78, 5) is 24.9. The van der Waals surface area contributed by atoms with Gasteiger partial charge in [-0.2, -0.15) is 0 Å². The van der Waals surface area contributed by atoms with E-state index in [0.29, 0.717) is 25.9 Å². The Labute approximate surface area is 95.8 Å². The Morgan fingerprint density at radius 2 is 2.31 bits per heavy atom. The summed E-state index contributed by atoms with van der Waals surface area (Å²) in [6.07, 6.45) is 0.874. The molecule has 2 N–H and O–H groups in total. The summed E-state index contributed by atoms with van der Waals surface area (Å²) < 4.78 is 0. The molecule has 0 spiro atoms. The number of carbonyl (C=O) groups is 2. The zero-order valence-electron chi connectivity index (χ0n) is 9.90. The van der Waals surface area contributed by atoms with E-state index in [1.54, 1.807) is 4.90 Å². The molecule has 1 fully saturated rings. The molecular weight excluding hydrogens is 208 g/mol. The topological polar surface area (TPSA) is 69.6 Å². The van der Waals surface area contributed by atoms with Gasteiger partial charge in [-0.1, -0.05) is 0 Å². The zero-order chi connectivity index (χ0) is 12.1. The van der Waals surface area contributed by atoms with Crippen molar-refractivity contribution in [2.75, 3.05) is 19.7 Å². The van der Waals surface area contributed by atoms with Gasteiger partial charge in [-0.3, -0.25) is 9.59 Å². The van der Waals surface area contributed by atoms with E-state index in [1.807, 2.05) is 13.8 Å². The Bertz CT molecular complexity index is 266.